The Balaban J connectivity index is 1.44. The van der Waals surface area contributed by atoms with Gasteiger partial charge in [-0.2, -0.15) is 0 Å². The lowest BCUT2D eigenvalue weighted by Gasteiger charge is -2.20. The van der Waals surface area contributed by atoms with Crippen LogP contribution in [0.2, 0.25) is 0 Å². The second kappa shape index (κ2) is 9.31. The summed E-state index contributed by atoms with van der Waals surface area (Å²) in [6.45, 7) is 6.58. The molecule has 5 heteroatoms. The highest BCUT2D eigenvalue weighted by molar-refractivity contribution is 5.78. The lowest BCUT2D eigenvalue weighted by Crippen LogP contribution is -2.26. The third-order valence-electron chi connectivity index (χ3n) is 4.63. The first kappa shape index (κ1) is 19.1. The van der Waals surface area contributed by atoms with Gasteiger partial charge in [0.05, 0.1) is 13.0 Å². The molecule has 5 nitrogen and oxygen atoms in total. The Morgan fingerprint density at radius 1 is 1.11 bits per heavy atom. The SMILES string of the molecule is CCOc1ccc(CC(=O)NCCC(C)c2ccc3c(c2)OCCO3)cc1. The molecule has 0 bridgehead atoms. The first-order valence-corrected chi connectivity index (χ1v) is 9.53. The van der Waals surface area contributed by atoms with Gasteiger partial charge in [0.25, 0.3) is 0 Å². The van der Waals surface area contributed by atoms with Crippen LogP contribution in [0.3, 0.4) is 0 Å². The zero-order chi connectivity index (χ0) is 19.1. The van der Waals surface area contributed by atoms with Crippen LogP contribution < -0.4 is 19.5 Å². The van der Waals surface area contributed by atoms with Crippen LogP contribution in [0, 0.1) is 0 Å². The van der Waals surface area contributed by atoms with E-state index in [0.717, 1.165) is 29.2 Å². The molecule has 1 aliphatic rings. The Morgan fingerprint density at radius 2 is 1.85 bits per heavy atom. The maximum absolute atomic E-state index is 12.2. The molecular weight excluding hydrogens is 342 g/mol. The summed E-state index contributed by atoms with van der Waals surface area (Å²) in [7, 11) is 0. The summed E-state index contributed by atoms with van der Waals surface area (Å²) in [6, 6.07) is 13.7. The van der Waals surface area contributed by atoms with Crippen LogP contribution in [0.5, 0.6) is 17.2 Å². The second-order valence-electron chi connectivity index (χ2n) is 6.70. The van der Waals surface area contributed by atoms with Crippen molar-refractivity contribution in [3.63, 3.8) is 0 Å². The summed E-state index contributed by atoms with van der Waals surface area (Å²) in [5.74, 6) is 2.81. The zero-order valence-corrected chi connectivity index (χ0v) is 16.0. The van der Waals surface area contributed by atoms with Crippen molar-refractivity contribution in [2.24, 2.45) is 0 Å². The van der Waals surface area contributed by atoms with Crippen LogP contribution in [0.25, 0.3) is 0 Å². The lowest BCUT2D eigenvalue weighted by atomic mass is 9.97. The van der Waals surface area contributed by atoms with Crippen molar-refractivity contribution in [2.45, 2.75) is 32.6 Å². The van der Waals surface area contributed by atoms with Gasteiger partial charge in [-0.05, 0) is 54.7 Å². The number of amides is 1. The van der Waals surface area contributed by atoms with Gasteiger partial charge < -0.3 is 19.5 Å². The molecule has 0 aliphatic carbocycles. The van der Waals surface area contributed by atoms with Gasteiger partial charge in [0, 0.05) is 6.54 Å². The first-order valence-electron chi connectivity index (χ1n) is 9.53. The summed E-state index contributed by atoms with van der Waals surface area (Å²) in [6.07, 6.45) is 1.25. The molecule has 144 valence electrons. The third kappa shape index (κ3) is 5.39. The molecule has 0 spiro atoms. The van der Waals surface area contributed by atoms with Gasteiger partial charge in [-0.15, -0.1) is 0 Å². The molecular formula is C22H27NO4. The standard InChI is InChI=1S/C22H27NO4/c1-3-25-19-7-4-17(5-8-19)14-22(24)23-11-10-16(2)18-6-9-20-21(15-18)27-13-12-26-20/h4-9,15-16H,3,10-14H2,1-2H3,(H,23,24). The number of hydrogen-bond donors (Lipinski definition) is 1. The molecule has 1 aliphatic heterocycles. The molecule has 1 heterocycles. The number of benzene rings is 2. The Kier molecular flexibility index (Phi) is 6.58. The lowest BCUT2D eigenvalue weighted by molar-refractivity contribution is -0.120. The van der Waals surface area contributed by atoms with Gasteiger partial charge in [0.2, 0.25) is 5.91 Å². The van der Waals surface area contributed by atoms with Crippen molar-refractivity contribution in [1.29, 1.82) is 0 Å². The van der Waals surface area contributed by atoms with Gasteiger partial charge in [0.1, 0.15) is 19.0 Å². The van der Waals surface area contributed by atoms with Crippen LogP contribution in [0.15, 0.2) is 42.5 Å². The molecule has 1 atom stereocenters. The van der Waals surface area contributed by atoms with Gasteiger partial charge >= 0.3 is 0 Å². The molecule has 1 amide bonds. The number of hydrogen-bond acceptors (Lipinski definition) is 4. The molecule has 0 saturated heterocycles. The largest absolute Gasteiger partial charge is 0.494 e. The highest BCUT2D eigenvalue weighted by atomic mass is 16.6. The minimum absolute atomic E-state index is 0.0357. The summed E-state index contributed by atoms with van der Waals surface area (Å²) >= 11 is 0. The summed E-state index contributed by atoms with van der Waals surface area (Å²) < 4.78 is 16.6. The number of carbonyl (C=O) groups is 1. The Hall–Kier alpha value is -2.69. The Bertz CT molecular complexity index is 757. The monoisotopic (exact) mass is 369 g/mol. The molecule has 2 aromatic rings. The Labute approximate surface area is 160 Å². The van der Waals surface area contributed by atoms with Crippen molar-refractivity contribution in [2.75, 3.05) is 26.4 Å². The maximum atomic E-state index is 12.2. The van der Waals surface area contributed by atoms with Gasteiger partial charge in [0.15, 0.2) is 11.5 Å². The average molecular weight is 369 g/mol. The number of ether oxygens (including phenoxy) is 3. The molecule has 0 aromatic heterocycles. The minimum Gasteiger partial charge on any atom is -0.494 e. The van der Waals surface area contributed by atoms with E-state index in [-0.39, 0.29) is 5.91 Å². The third-order valence-corrected chi connectivity index (χ3v) is 4.63. The average Bonchev–Trinajstić information content (AvgIpc) is 2.69. The smallest absolute Gasteiger partial charge is 0.224 e. The van der Waals surface area contributed by atoms with Crippen molar-refractivity contribution >= 4 is 5.91 Å². The molecule has 2 aromatic carbocycles. The topological polar surface area (TPSA) is 56.8 Å². The van der Waals surface area contributed by atoms with Crippen LogP contribution in [0.1, 0.15) is 37.3 Å². The maximum Gasteiger partial charge on any atom is 0.224 e. The van der Waals surface area contributed by atoms with Gasteiger partial charge in [-0.3, -0.25) is 4.79 Å². The van der Waals surface area contributed by atoms with Gasteiger partial charge in [-0.1, -0.05) is 25.1 Å². The van der Waals surface area contributed by atoms with Crippen LogP contribution in [-0.2, 0) is 11.2 Å². The van der Waals surface area contributed by atoms with Crippen molar-refractivity contribution in [3.8, 4) is 17.2 Å². The van der Waals surface area contributed by atoms with E-state index in [1.807, 2.05) is 43.3 Å². The molecule has 0 saturated carbocycles. The second-order valence-corrected chi connectivity index (χ2v) is 6.70. The van der Waals surface area contributed by atoms with Gasteiger partial charge in [-0.25, -0.2) is 0 Å². The van der Waals surface area contributed by atoms with Crippen molar-refractivity contribution in [1.82, 2.24) is 5.32 Å². The molecule has 1 unspecified atom stereocenters. The molecule has 3 rings (SSSR count). The van der Waals surface area contributed by atoms with E-state index in [0.29, 0.717) is 38.7 Å². The highest BCUT2D eigenvalue weighted by Crippen LogP contribution is 2.33. The van der Waals surface area contributed by atoms with Crippen LogP contribution >= 0.6 is 0 Å². The van der Waals surface area contributed by atoms with E-state index in [9.17, 15) is 4.79 Å². The fourth-order valence-electron chi connectivity index (χ4n) is 3.08. The van der Waals surface area contributed by atoms with E-state index in [1.165, 1.54) is 5.56 Å². The van der Waals surface area contributed by atoms with Crippen molar-refractivity contribution < 1.29 is 19.0 Å². The number of nitrogens with one attached hydrogen (secondary N) is 1. The highest BCUT2D eigenvalue weighted by Gasteiger charge is 2.14. The molecule has 27 heavy (non-hydrogen) atoms. The fourth-order valence-corrected chi connectivity index (χ4v) is 3.08. The fraction of sp³-hybridized carbons (Fsp3) is 0.409. The van der Waals surface area contributed by atoms with Crippen LogP contribution in [0.4, 0.5) is 0 Å². The molecule has 0 radical (unpaired) electrons. The number of carbonyl (C=O) groups excluding carboxylic acids is 1. The molecule has 0 fully saturated rings. The zero-order valence-electron chi connectivity index (χ0n) is 16.0. The quantitative estimate of drug-likeness (QED) is 0.771. The Morgan fingerprint density at radius 3 is 2.59 bits per heavy atom. The predicted molar refractivity (Wildman–Crippen MR) is 105 cm³/mol. The van der Waals surface area contributed by atoms with E-state index >= 15 is 0 Å². The summed E-state index contributed by atoms with van der Waals surface area (Å²) in [5.41, 5.74) is 2.18. The molecule has 1 N–H and O–H groups in total. The van der Waals surface area contributed by atoms with E-state index in [4.69, 9.17) is 14.2 Å². The van der Waals surface area contributed by atoms with Crippen molar-refractivity contribution in [3.05, 3.63) is 53.6 Å². The van der Waals surface area contributed by atoms with E-state index < -0.39 is 0 Å². The normalized spacial score (nSPS) is 13.7. The number of rotatable bonds is 8. The first-order chi connectivity index (χ1) is 13.2. The summed E-state index contributed by atoms with van der Waals surface area (Å²) in [5, 5.41) is 3.01. The summed E-state index contributed by atoms with van der Waals surface area (Å²) in [4.78, 5) is 12.2. The van der Waals surface area contributed by atoms with Crippen LogP contribution in [-0.4, -0.2) is 32.3 Å². The number of fused-ring (bicyclic) bond motifs is 1. The minimum atomic E-state index is 0.0357. The van der Waals surface area contributed by atoms with E-state index in [1.54, 1.807) is 0 Å². The predicted octanol–water partition coefficient (Wildman–Crippen LogP) is 3.71. The van der Waals surface area contributed by atoms with E-state index in [2.05, 4.69) is 18.3 Å².